The highest BCUT2D eigenvalue weighted by Gasteiger charge is 2.11. The number of anilines is 1. The maximum atomic E-state index is 11.7. The summed E-state index contributed by atoms with van der Waals surface area (Å²) >= 11 is 0. The first kappa shape index (κ1) is 15.4. The Balaban J connectivity index is 2.55. The predicted octanol–water partition coefficient (Wildman–Crippen LogP) is 2.42. The number of hydrogen-bond donors (Lipinski definition) is 1. The first-order chi connectivity index (χ1) is 8.90. The van der Waals surface area contributed by atoms with Crippen LogP contribution >= 0.6 is 0 Å². The van der Waals surface area contributed by atoms with Gasteiger partial charge in [-0.15, -0.1) is 10.2 Å². The number of hydrogen-bond acceptors (Lipinski definition) is 4. The van der Waals surface area contributed by atoms with Crippen LogP contribution in [0.2, 0.25) is 0 Å². The summed E-state index contributed by atoms with van der Waals surface area (Å²) in [5.41, 5.74) is 0.366. The van der Waals surface area contributed by atoms with Gasteiger partial charge in [-0.05, 0) is 37.8 Å². The van der Waals surface area contributed by atoms with Gasteiger partial charge in [0.1, 0.15) is 5.82 Å². The molecule has 0 saturated carbocycles. The highest BCUT2D eigenvalue weighted by molar-refractivity contribution is 5.91. The van der Waals surface area contributed by atoms with Crippen LogP contribution in [0.15, 0.2) is 12.1 Å². The summed E-state index contributed by atoms with van der Waals surface area (Å²) in [6.45, 7) is 6.56. The number of carbonyl (C=O) groups is 1. The average molecular weight is 264 g/mol. The molecule has 1 aromatic heterocycles. The van der Waals surface area contributed by atoms with E-state index in [-0.39, 0.29) is 5.91 Å². The third-order valence-corrected chi connectivity index (χ3v) is 2.86. The smallest absolute Gasteiger partial charge is 0.273 e. The first-order valence-corrected chi connectivity index (χ1v) is 6.72. The Bertz CT molecular complexity index is 400. The standard InChI is InChI=1S/C14H24N4O/c1-10(2)6-7-11(3)15-13-9-8-12(16-17-13)14(19)18(4)5/h8-11H,6-7H2,1-5H3,(H,15,17). The average Bonchev–Trinajstić information content (AvgIpc) is 2.36. The van der Waals surface area contributed by atoms with Gasteiger partial charge in [0.25, 0.3) is 5.91 Å². The number of amides is 1. The summed E-state index contributed by atoms with van der Waals surface area (Å²) < 4.78 is 0. The van der Waals surface area contributed by atoms with Gasteiger partial charge < -0.3 is 10.2 Å². The second-order valence-corrected chi connectivity index (χ2v) is 5.52. The summed E-state index contributed by atoms with van der Waals surface area (Å²) in [5.74, 6) is 1.29. The Labute approximate surface area is 115 Å². The Kier molecular flexibility index (Phi) is 5.73. The third-order valence-electron chi connectivity index (χ3n) is 2.86. The largest absolute Gasteiger partial charge is 0.366 e. The molecule has 1 unspecified atom stereocenters. The van der Waals surface area contributed by atoms with E-state index >= 15 is 0 Å². The van der Waals surface area contributed by atoms with E-state index in [9.17, 15) is 4.79 Å². The molecular formula is C14H24N4O. The molecule has 1 amide bonds. The lowest BCUT2D eigenvalue weighted by Gasteiger charge is -2.15. The predicted molar refractivity (Wildman–Crippen MR) is 77.2 cm³/mol. The van der Waals surface area contributed by atoms with Crippen LogP contribution in [0.3, 0.4) is 0 Å². The molecule has 0 aromatic carbocycles. The lowest BCUT2D eigenvalue weighted by atomic mass is 10.0. The van der Waals surface area contributed by atoms with Gasteiger partial charge in [-0.3, -0.25) is 4.79 Å². The van der Waals surface area contributed by atoms with Crippen LogP contribution in [0.25, 0.3) is 0 Å². The minimum Gasteiger partial charge on any atom is -0.366 e. The molecule has 1 aromatic rings. The van der Waals surface area contributed by atoms with E-state index in [1.807, 2.05) is 0 Å². The van der Waals surface area contributed by atoms with Crippen molar-refractivity contribution in [1.29, 1.82) is 0 Å². The van der Waals surface area contributed by atoms with Crippen molar-refractivity contribution in [3.8, 4) is 0 Å². The van der Waals surface area contributed by atoms with Crippen molar-refractivity contribution in [3.05, 3.63) is 17.8 Å². The first-order valence-electron chi connectivity index (χ1n) is 6.72. The van der Waals surface area contributed by atoms with E-state index in [4.69, 9.17) is 0 Å². The maximum Gasteiger partial charge on any atom is 0.273 e. The molecule has 1 rings (SSSR count). The summed E-state index contributed by atoms with van der Waals surface area (Å²) in [4.78, 5) is 13.1. The molecule has 0 aliphatic heterocycles. The van der Waals surface area contributed by atoms with E-state index in [0.29, 0.717) is 23.5 Å². The van der Waals surface area contributed by atoms with Gasteiger partial charge in [0.05, 0.1) is 0 Å². The van der Waals surface area contributed by atoms with Gasteiger partial charge in [-0.1, -0.05) is 13.8 Å². The summed E-state index contributed by atoms with van der Waals surface area (Å²) in [6.07, 6.45) is 2.27. The second-order valence-electron chi connectivity index (χ2n) is 5.52. The molecule has 0 fully saturated rings. The molecule has 0 bridgehead atoms. The molecule has 5 heteroatoms. The van der Waals surface area contributed by atoms with Crippen LogP contribution in [0, 0.1) is 5.92 Å². The normalized spacial score (nSPS) is 12.3. The number of nitrogens with zero attached hydrogens (tertiary/aromatic N) is 3. The number of aromatic nitrogens is 2. The topological polar surface area (TPSA) is 58.1 Å². The van der Waals surface area contributed by atoms with Crippen molar-refractivity contribution in [2.45, 2.75) is 39.7 Å². The van der Waals surface area contributed by atoms with E-state index in [1.165, 1.54) is 11.3 Å². The van der Waals surface area contributed by atoms with Crippen LogP contribution in [-0.2, 0) is 0 Å². The molecule has 106 valence electrons. The van der Waals surface area contributed by atoms with Crippen molar-refractivity contribution in [2.24, 2.45) is 5.92 Å². The van der Waals surface area contributed by atoms with Crippen LogP contribution < -0.4 is 5.32 Å². The monoisotopic (exact) mass is 264 g/mol. The highest BCUT2D eigenvalue weighted by atomic mass is 16.2. The zero-order chi connectivity index (χ0) is 14.4. The molecule has 1 atom stereocenters. The third kappa shape index (κ3) is 5.24. The molecular weight excluding hydrogens is 240 g/mol. The highest BCUT2D eigenvalue weighted by Crippen LogP contribution is 2.11. The Hall–Kier alpha value is -1.65. The van der Waals surface area contributed by atoms with Crippen molar-refractivity contribution in [2.75, 3.05) is 19.4 Å². The van der Waals surface area contributed by atoms with Gasteiger partial charge >= 0.3 is 0 Å². The summed E-state index contributed by atoms with van der Waals surface area (Å²) in [7, 11) is 3.40. The molecule has 0 spiro atoms. The molecule has 5 nitrogen and oxygen atoms in total. The maximum absolute atomic E-state index is 11.7. The van der Waals surface area contributed by atoms with Crippen LogP contribution in [0.5, 0.6) is 0 Å². The number of nitrogens with one attached hydrogen (secondary N) is 1. The van der Waals surface area contributed by atoms with Crippen LogP contribution in [-0.4, -0.2) is 41.1 Å². The van der Waals surface area contributed by atoms with Gasteiger partial charge in [-0.25, -0.2) is 0 Å². The van der Waals surface area contributed by atoms with Gasteiger partial charge in [0.15, 0.2) is 5.69 Å². The van der Waals surface area contributed by atoms with Gasteiger partial charge in [0, 0.05) is 20.1 Å². The number of rotatable bonds is 6. The number of carbonyl (C=O) groups excluding carboxylic acids is 1. The van der Waals surface area contributed by atoms with Crippen molar-refractivity contribution in [3.63, 3.8) is 0 Å². The van der Waals surface area contributed by atoms with E-state index < -0.39 is 0 Å². The fraction of sp³-hybridized carbons (Fsp3) is 0.643. The molecule has 1 heterocycles. The molecule has 0 radical (unpaired) electrons. The van der Waals surface area contributed by atoms with E-state index in [2.05, 4.69) is 36.3 Å². The lowest BCUT2D eigenvalue weighted by Crippen LogP contribution is -2.23. The minimum absolute atomic E-state index is 0.132. The van der Waals surface area contributed by atoms with Crippen molar-refractivity contribution in [1.82, 2.24) is 15.1 Å². The molecule has 0 aliphatic rings. The molecule has 19 heavy (non-hydrogen) atoms. The Morgan fingerprint density at radius 1 is 1.21 bits per heavy atom. The molecule has 0 saturated heterocycles. The van der Waals surface area contributed by atoms with Gasteiger partial charge in [-0.2, -0.15) is 0 Å². The van der Waals surface area contributed by atoms with Crippen LogP contribution in [0.1, 0.15) is 44.1 Å². The SMILES string of the molecule is CC(C)CCC(C)Nc1ccc(C(=O)N(C)C)nn1. The zero-order valence-corrected chi connectivity index (χ0v) is 12.5. The van der Waals surface area contributed by atoms with Crippen molar-refractivity contribution < 1.29 is 4.79 Å². The molecule has 1 N–H and O–H groups in total. The minimum atomic E-state index is -0.132. The van der Waals surface area contributed by atoms with E-state index in [1.54, 1.807) is 26.2 Å². The lowest BCUT2D eigenvalue weighted by molar-refractivity contribution is 0.0821. The Morgan fingerprint density at radius 3 is 2.37 bits per heavy atom. The van der Waals surface area contributed by atoms with Gasteiger partial charge in [0.2, 0.25) is 0 Å². The van der Waals surface area contributed by atoms with Crippen molar-refractivity contribution >= 4 is 11.7 Å². The van der Waals surface area contributed by atoms with Crippen LogP contribution in [0.4, 0.5) is 5.82 Å². The molecule has 0 aliphatic carbocycles. The summed E-state index contributed by atoms with van der Waals surface area (Å²) in [6, 6.07) is 3.86. The zero-order valence-electron chi connectivity index (χ0n) is 12.5. The Morgan fingerprint density at radius 2 is 1.89 bits per heavy atom. The summed E-state index contributed by atoms with van der Waals surface area (Å²) in [5, 5.41) is 11.3. The fourth-order valence-corrected chi connectivity index (χ4v) is 1.66. The fourth-order valence-electron chi connectivity index (χ4n) is 1.66. The quantitative estimate of drug-likeness (QED) is 0.857. The second kappa shape index (κ2) is 7.07. The van der Waals surface area contributed by atoms with E-state index in [0.717, 1.165) is 6.42 Å².